The van der Waals surface area contributed by atoms with Gasteiger partial charge in [0, 0.05) is 19.6 Å². The number of thioether (sulfide) groups is 1. The van der Waals surface area contributed by atoms with Crippen LogP contribution in [0, 0.1) is 0 Å². The third kappa shape index (κ3) is 4.40. The first-order valence-corrected chi connectivity index (χ1v) is 9.12. The first kappa shape index (κ1) is 17.5. The molecule has 0 atom stereocenters. The first-order chi connectivity index (χ1) is 12.3. The molecule has 7 nitrogen and oxygen atoms in total. The molecule has 0 bridgehead atoms. The maximum absolute atomic E-state index is 11.9. The van der Waals surface area contributed by atoms with E-state index in [1.807, 2.05) is 34.9 Å². The van der Waals surface area contributed by atoms with Gasteiger partial charge in [-0.2, -0.15) is 0 Å². The highest BCUT2D eigenvalue weighted by Gasteiger charge is 2.22. The van der Waals surface area contributed by atoms with Gasteiger partial charge in [-0.15, -0.1) is 16.8 Å². The Labute approximate surface area is 151 Å². The fourth-order valence-electron chi connectivity index (χ4n) is 2.49. The smallest absolute Gasteiger partial charge is 0.232 e. The van der Waals surface area contributed by atoms with E-state index in [2.05, 4.69) is 27.0 Å². The lowest BCUT2D eigenvalue weighted by Gasteiger charge is -2.27. The van der Waals surface area contributed by atoms with Crippen molar-refractivity contribution in [1.29, 1.82) is 0 Å². The first-order valence-electron chi connectivity index (χ1n) is 8.13. The molecular weight excluding hydrogens is 338 g/mol. The minimum absolute atomic E-state index is 0.0552. The number of amides is 1. The molecule has 1 saturated heterocycles. The molecule has 1 aromatic heterocycles. The lowest BCUT2D eigenvalue weighted by atomic mass is 10.3. The van der Waals surface area contributed by atoms with E-state index in [1.54, 1.807) is 6.08 Å². The van der Waals surface area contributed by atoms with Gasteiger partial charge in [-0.25, -0.2) is 0 Å². The van der Waals surface area contributed by atoms with Crippen LogP contribution in [0.5, 0.6) is 0 Å². The zero-order valence-electron chi connectivity index (χ0n) is 13.9. The molecule has 8 heteroatoms. The van der Waals surface area contributed by atoms with Crippen LogP contribution >= 0.6 is 11.8 Å². The lowest BCUT2D eigenvalue weighted by Crippen LogP contribution is -2.37. The fourth-order valence-corrected chi connectivity index (χ4v) is 3.27. The molecule has 0 spiro atoms. The quantitative estimate of drug-likeness (QED) is 0.597. The molecule has 0 unspecified atom stereocenters. The number of morpholine rings is 1. The summed E-state index contributed by atoms with van der Waals surface area (Å²) in [6.45, 7) is 6.95. The Hall–Kier alpha value is -2.32. The number of para-hydroxylation sites is 1. The molecule has 1 fully saturated rings. The number of nitrogens with one attached hydrogen (secondary N) is 1. The van der Waals surface area contributed by atoms with Gasteiger partial charge >= 0.3 is 0 Å². The standard InChI is InChI=1S/C17H21N5O2S/c1-2-8-18-15(23)13-25-17-20-19-16(21-9-11-24-12-10-21)22(17)14-6-4-3-5-7-14/h2-7H,1,8-13H2,(H,18,23). The second-order valence-electron chi connectivity index (χ2n) is 5.43. The SMILES string of the molecule is C=CCNC(=O)CSc1nnc(N2CCOCC2)n1-c1ccccc1. The van der Waals surface area contributed by atoms with Crippen LogP contribution in [0.1, 0.15) is 0 Å². The van der Waals surface area contributed by atoms with Crippen molar-refractivity contribution < 1.29 is 9.53 Å². The molecule has 1 amide bonds. The number of rotatable bonds is 7. The van der Waals surface area contributed by atoms with Crippen LogP contribution in [0.15, 0.2) is 48.1 Å². The number of ether oxygens (including phenoxy) is 1. The Morgan fingerprint density at radius 3 is 2.76 bits per heavy atom. The Bertz CT molecular complexity index is 713. The van der Waals surface area contributed by atoms with Gasteiger partial charge in [-0.1, -0.05) is 36.0 Å². The van der Waals surface area contributed by atoms with E-state index in [9.17, 15) is 4.79 Å². The third-order valence-corrected chi connectivity index (χ3v) is 4.63. The second-order valence-corrected chi connectivity index (χ2v) is 6.38. The molecule has 1 N–H and O–H groups in total. The van der Waals surface area contributed by atoms with Gasteiger partial charge in [0.15, 0.2) is 5.16 Å². The average Bonchev–Trinajstić information content (AvgIpc) is 3.10. The minimum atomic E-state index is -0.0552. The number of hydrogen-bond acceptors (Lipinski definition) is 6. The van der Waals surface area contributed by atoms with Crippen molar-refractivity contribution in [2.75, 3.05) is 43.5 Å². The summed E-state index contributed by atoms with van der Waals surface area (Å²) in [5.41, 5.74) is 0.975. The summed E-state index contributed by atoms with van der Waals surface area (Å²) in [6.07, 6.45) is 1.66. The molecule has 1 aromatic carbocycles. The van der Waals surface area contributed by atoms with Crippen molar-refractivity contribution in [3.05, 3.63) is 43.0 Å². The summed E-state index contributed by atoms with van der Waals surface area (Å²) in [5.74, 6) is 1.01. The normalized spacial score (nSPS) is 14.3. The Morgan fingerprint density at radius 1 is 1.28 bits per heavy atom. The minimum Gasteiger partial charge on any atom is -0.378 e. The molecule has 2 aromatic rings. The number of benzene rings is 1. The maximum Gasteiger partial charge on any atom is 0.232 e. The molecule has 1 aliphatic rings. The summed E-state index contributed by atoms with van der Waals surface area (Å²) in [5, 5.41) is 12.1. The summed E-state index contributed by atoms with van der Waals surface area (Å²) in [6, 6.07) is 9.94. The van der Waals surface area contributed by atoms with E-state index >= 15 is 0 Å². The highest BCUT2D eigenvalue weighted by molar-refractivity contribution is 7.99. The molecule has 25 heavy (non-hydrogen) atoms. The molecule has 0 radical (unpaired) electrons. The molecule has 132 valence electrons. The second kappa shape index (κ2) is 8.68. The van der Waals surface area contributed by atoms with Crippen LogP contribution in [0.2, 0.25) is 0 Å². The number of carbonyl (C=O) groups excluding carboxylic acids is 1. The van der Waals surface area contributed by atoms with E-state index in [4.69, 9.17) is 4.74 Å². The summed E-state index contributed by atoms with van der Waals surface area (Å²) in [7, 11) is 0. The van der Waals surface area contributed by atoms with Gasteiger partial charge in [0.1, 0.15) is 0 Å². The maximum atomic E-state index is 11.9. The van der Waals surface area contributed by atoms with Gasteiger partial charge < -0.3 is 15.0 Å². The van der Waals surface area contributed by atoms with Crippen molar-refractivity contribution in [2.45, 2.75) is 5.16 Å². The van der Waals surface area contributed by atoms with E-state index < -0.39 is 0 Å². The Kier molecular flexibility index (Phi) is 6.08. The summed E-state index contributed by atoms with van der Waals surface area (Å²) in [4.78, 5) is 14.0. The van der Waals surface area contributed by atoms with Crippen LogP contribution in [-0.2, 0) is 9.53 Å². The molecule has 1 aliphatic heterocycles. The highest BCUT2D eigenvalue weighted by atomic mass is 32.2. The zero-order chi connectivity index (χ0) is 17.5. The average molecular weight is 359 g/mol. The van der Waals surface area contributed by atoms with E-state index in [-0.39, 0.29) is 11.7 Å². The van der Waals surface area contributed by atoms with Crippen molar-refractivity contribution in [2.24, 2.45) is 0 Å². The summed E-state index contributed by atoms with van der Waals surface area (Å²) >= 11 is 1.37. The van der Waals surface area contributed by atoms with E-state index in [0.717, 1.165) is 24.7 Å². The molecule has 3 rings (SSSR count). The van der Waals surface area contributed by atoms with Gasteiger partial charge in [0.05, 0.1) is 24.7 Å². The molecule has 0 saturated carbocycles. The number of carbonyl (C=O) groups is 1. The largest absolute Gasteiger partial charge is 0.378 e. The van der Waals surface area contributed by atoms with Gasteiger partial charge in [-0.05, 0) is 12.1 Å². The van der Waals surface area contributed by atoms with Crippen LogP contribution in [0.3, 0.4) is 0 Å². The topological polar surface area (TPSA) is 72.3 Å². The number of nitrogens with zero attached hydrogens (tertiary/aromatic N) is 4. The highest BCUT2D eigenvalue weighted by Crippen LogP contribution is 2.26. The number of aromatic nitrogens is 3. The van der Waals surface area contributed by atoms with Crippen molar-refractivity contribution in [3.8, 4) is 5.69 Å². The van der Waals surface area contributed by atoms with Crippen molar-refractivity contribution in [3.63, 3.8) is 0 Å². The summed E-state index contributed by atoms with van der Waals surface area (Å²) < 4.78 is 7.42. The van der Waals surface area contributed by atoms with Crippen molar-refractivity contribution in [1.82, 2.24) is 20.1 Å². The van der Waals surface area contributed by atoms with Crippen molar-refractivity contribution >= 4 is 23.6 Å². The van der Waals surface area contributed by atoms with Crippen LogP contribution in [0.4, 0.5) is 5.95 Å². The van der Waals surface area contributed by atoms with Gasteiger partial charge in [-0.3, -0.25) is 9.36 Å². The monoisotopic (exact) mass is 359 g/mol. The predicted molar refractivity (Wildman–Crippen MR) is 98.3 cm³/mol. The number of anilines is 1. The fraction of sp³-hybridized carbons (Fsp3) is 0.353. The molecule has 2 heterocycles. The van der Waals surface area contributed by atoms with Crippen LogP contribution in [0.25, 0.3) is 5.69 Å². The van der Waals surface area contributed by atoms with Gasteiger partial charge in [0.2, 0.25) is 11.9 Å². The van der Waals surface area contributed by atoms with Crippen LogP contribution in [-0.4, -0.2) is 59.3 Å². The van der Waals surface area contributed by atoms with Crippen LogP contribution < -0.4 is 10.2 Å². The third-order valence-electron chi connectivity index (χ3n) is 3.70. The molecular formula is C17H21N5O2S. The van der Waals surface area contributed by atoms with E-state index in [1.165, 1.54) is 11.8 Å². The lowest BCUT2D eigenvalue weighted by molar-refractivity contribution is -0.118. The Balaban J connectivity index is 1.83. The Morgan fingerprint density at radius 2 is 2.04 bits per heavy atom. The van der Waals surface area contributed by atoms with Gasteiger partial charge in [0.25, 0.3) is 0 Å². The number of hydrogen-bond donors (Lipinski definition) is 1. The predicted octanol–water partition coefficient (Wildman–Crippen LogP) is 1.50. The van der Waals surface area contributed by atoms with E-state index in [0.29, 0.717) is 24.9 Å². The molecule has 0 aliphatic carbocycles. The zero-order valence-corrected chi connectivity index (χ0v) is 14.7.